The van der Waals surface area contributed by atoms with E-state index >= 15 is 0 Å². The molecule has 0 aliphatic heterocycles. The van der Waals surface area contributed by atoms with Crippen molar-refractivity contribution < 1.29 is 45.4 Å². The third-order valence-electron chi connectivity index (χ3n) is 4.07. The van der Waals surface area contributed by atoms with E-state index in [9.17, 15) is 31.2 Å². The zero-order valence-electron chi connectivity index (χ0n) is 17.3. The maximum Gasteiger partial charge on any atom is 0.416 e. The molecule has 0 aliphatic rings. The monoisotopic (exact) mass is 475 g/mol. The Balaban J connectivity index is 2.59. The van der Waals surface area contributed by atoms with E-state index in [1.54, 1.807) is 6.92 Å². The van der Waals surface area contributed by atoms with E-state index in [1.165, 1.54) is 0 Å². The van der Waals surface area contributed by atoms with E-state index in [4.69, 9.17) is 4.74 Å². The molecule has 1 N–H and O–H groups in total. The van der Waals surface area contributed by atoms with Gasteiger partial charge in [0, 0.05) is 0 Å². The summed E-state index contributed by atoms with van der Waals surface area (Å²) >= 11 is 0. The van der Waals surface area contributed by atoms with Gasteiger partial charge in [-0.3, -0.25) is 4.72 Å². The number of hydrogen-bond acceptors (Lipinski definition) is 7. The lowest BCUT2D eigenvalue weighted by molar-refractivity contribution is -0.137. The average molecular weight is 475 g/mol. The number of halogens is 3. The number of hydrogen-bond donors (Lipinski definition) is 1. The molecule has 0 saturated carbocycles. The number of alkyl halides is 3. The second-order valence-electron chi connectivity index (χ2n) is 6.39. The molecule has 174 valence electrons. The first-order chi connectivity index (χ1) is 14.9. The van der Waals surface area contributed by atoms with Crippen molar-refractivity contribution in [3.63, 3.8) is 0 Å². The summed E-state index contributed by atoms with van der Waals surface area (Å²) in [6.45, 7) is 1.89. The number of carbonyl (C=O) groups is 2. The highest BCUT2D eigenvalue weighted by atomic mass is 32.2. The van der Waals surface area contributed by atoms with Gasteiger partial charge in [0.25, 0.3) is 10.0 Å². The molecule has 0 saturated heterocycles. The molecule has 32 heavy (non-hydrogen) atoms. The van der Waals surface area contributed by atoms with Gasteiger partial charge in [0.15, 0.2) is 0 Å². The van der Waals surface area contributed by atoms with Gasteiger partial charge >= 0.3 is 18.1 Å². The second kappa shape index (κ2) is 9.90. The lowest BCUT2D eigenvalue weighted by atomic mass is 10.1. The van der Waals surface area contributed by atoms with Crippen LogP contribution in [0.5, 0.6) is 5.75 Å². The van der Waals surface area contributed by atoms with E-state index in [-0.39, 0.29) is 23.5 Å². The summed E-state index contributed by atoms with van der Waals surface area (Å²) in [5.74, 6) is -1.99. The number of nitrogens with one attached hydrogen (secondary N) is 1. The summed E-state index contributed by atoms with van der Waals surface area (Å²) in [6, 6.07) is 5.25. The largest absolute Gasteiger partial charge is 0.491 e. The molecule has 8 nitrogen and oxygen atoms in total. The van der Waals surface area contributed by atoms with Crippen molar-refractivity contribution in [1.29, 1.82) is 0 Å². The molecule has 2 aromatic carbocycles. The number of ether oxygens (including phenoxy) is 3. The van der Waals surface area contributed by atoms with Crippen molar-refractivity contribution in [2.75, 3.05) is 25.5 Å². The molecule has 0 fully saturated rings. The van der Waals surface area contributed by atoms with Crippen molar-refractivity contribution in [3.8, 4) is 5.75 Å². The van der Waals surface area contributed by atoms with Gasteiger partial charge in [0.1, 0.15) is 5.75 Å². The van der Waals surface area contributed by atoms with Gasteiger partial charge in [-0.1, -0.05) is 6.92 Å². The minimum Gasteiger partial charge on any atom is -0.491 e. The predicted molar refractivity (Wildman–Crippen MR) is 107 cm³/mol. The van der Waals surface area contributed by atoms with Crippen LogP contribution in [0.2, 0.25) is 0 Å². The summed E-state index contributed by atoms with van der Waals surface area (Å²) in [7, 11) is -2.45. The molecule has 2 rings (SSSR count). The lowest BCUT2D eigenvalue weighted by Crippen LogP contribution is -2.17. The SMILES string of the molecule is CCCOc1ccc(C(F)(F)F)cc1NS(=O)(=O)c1cc(C(=O)OC)cc(C(=O)OC)c1. The van der Waals surface area contributed by atoms with Crippen LogP contribution in [-0.2, 0) is 25.7 Å². The first-order valence-electron chi connectivity index (χ1n) is 9.11. The van der Waals surface area contributed by atoms with E-state index in [2.05, 4.69) is 9.47 Å². The van der Waals surface area contributed by atoms with Crippen LogP contribution in [0.15, 0.2) is 41.3 Å². The number of methoxy groups -OCH3 is 2. The number of esters is 2. The molecule has 0 radical (unpaired) electrons. The Morgan fingerprint density at radius 3 is 2.00 bits per heavy atom. The Morgan fingerprint density at radius 2 is 1.53 bits per heavy atom. The van der Waals surface area contributed by atoms with Crippen molar-refractivity contribution >= 4 is 27.6 Å². The van der Waals surface area contributed by atoms with Crippen molar-refractivity contribution in [3.05, 3.63) is 53.1 Å². The van der Waals surface area contributed by atoms with Crippen LogP contribution in [-0.4, -0.2) is 41.2 Å². The second-order valence-corrected chi connectivity index (χ2v) is 8.07. The maximum absolute atomic E-state index is 13.1. The quantitative estimate of drug-likeness (QED) is 0.578. The van der Waals surface area contributed by atoms with Crippen molar-refractivity contribution in [2.45, 2.75) is 24.4 Å². The van der Waals surface area contributed by atoms with Crippen LogP contribution in [0.25, 0.3) is 0 Å². The number of rotatable bonds is 8. The average Bonchev–Trinajstić information content (AvgIpc) is 2.75. The van der Waals surface area contributed by atoms with E-state index in [0.717, 1.165) is 44.6 Å². The van der Waals surface area contributed by atoms with Gasteiger partial charge in [-0.15, -0.1) is 0 Å². The van der Waals surface area contributed by atoms with Gasteiger partial charge in [-0.05, 0) is 42.8 Å². The molecule has 2 aromatic rings. The topological polar surface area (TPSA) is 108 Å². The number of benzene rings is 2. The number of anilines is 1. The van der Waals surface area contributed by atoms with Crippen molar-refractivity contribution in [2.24, 2.45) is 0 Å². The van der Waals surface area contributed by atoms with Gasteiger partial charge in [-0.2, -0.15) is 13.2 Å². The molecule has 0 aromatic heterocycles. The first kappa shape index (κ1) is 25.0. The fraction of sp³-hybridized carbons (Fsp3) is 0.300. The molecule has 0 aliphatic carbocycles. The molecular weight excluding hydrogens is 455 g/mol. The highest BCUT2D eigenvalue weighted by Crippen LogP contribution is 2.36. The van der Waals surface area contributed by atoms with Crippen LogP contribution in [0, 0.1) is 0 Å². The summed E-state index contributed by atoms with van der Waals surface area (Å²) < 4.78 is 81.9. The summed E-state index contributed by atoms with van der Waals surface area (Å²) in [6.07, 6.45) is -4.21. The Hall–Kier alpha value is -3.28. The molecule has 0 atom stereocenters. The predicted octanol–water partition coefficient (Wildman–Crippen LogP) is 3.87. The molecule has 12 heteroatoms. The van der Waals surface area contributed by atoms with Crippen LogP contribution in [0.1, 0.15) is 39.6 Å². The minimum atomic E-state index is -4.73. The third kappa shape index (κ3) is 5.90. The van der Waals surface area contributed by atoms with Crippen LogP contribution in [0.3, 0.4) is 0 Å². The molecule has 0 bridgehead atoms. The lowest BCUT2D eigenvalue weighted by Gasteiger charge is -2.16. The molecule has 0 amide bonds. The first-order valence-corrected chi connectivity index (χ1v) is 10.6. The molecule has 0 unspecified atom stereocenters. The smallest absolute Gasteiger partial charge is 0.416 e. The number of carbonyl (C=O) groups excluding carboxylic acids is 2. The standard InChI is InChI=1S/C20H20F3NO7S/c1-4-7-31-17-6-5-14(20(21,22)23)11-16(17)24-32(27,28)15-9-12(18(25)29-2)8-13(10-15)19(26)30-3/h5-6,8-11,24H,4,7H2,1-3H3. The summed E-state index contributed by atoms with van der Waals surface area (Å²) in [5, 5.41) is 0. The van der Waals surface area contributed by atoms with Crippen molar-refractivity contribution in [1.82, 2.24) is 0 Å². The normalized spacial score (nSPS) is 11.6. The summed E-state index contributed by atoms with van der Waals surface area (Å²) in [4.78, 5) is 23.2. The van der Waals surface area contributed by atoms with E-state index in [0.29, 0.717) is 12.5 Å². The zero-order chi connectivity index (χ0) is 24.1. The van der Waals surface area contributed by atoms with E-state index in [1.807, 2.05) is 4.72 Å². The Bertz CT molecular complexity index is 1080. The third-order valence-corrected chi connectivity index (χ3v) is 5.42. The minimum absolute atomic E-state index is 0.124. The fourth-order valence-electron chi connectivity index (χ4n) is 2.55. The van der Waals surface area contributed by atoms with Crippen LogP contribution < -0.4 is 9.46 Å². The highest BCUT2D eigenvalue weighted by Gasteiger charge is 2.32. The van der Waals surface area contributed by atoms with E-state index < -0.39 is 44.3 Å². The van der Waals surface area contributed by atoms with Gasteiger partial charge in [0.2, 0.25) is 0 Å². The van der Waals surface area contributed by atoms with Crippen LogP contribution >= 0.6 is 0 Å². The van der Waals surface area contributed by atoms with Gasteiger partial charge < -0.3 is 14.2 Å². The van der Waals surface area contributed by atoms with Gasteiger partial charge in [-0.25, -0.2) is 18.0 Å². The number of sulfonamides is 1. The highest BCUT2D eigenvalue weighted by molar-refractivity contribution is 7.92. The summed E-state index contributed by atoms with van der Waals surface area (Å²) in [5.41, 5.74) is -2.11. The Morgan fingerprint density at radius 1 is 0.969 bits per heavy atom. The van der Waals surface area contributed by atoms with Crippen LogP contribution in [0.4, 0.5) is 18.9 Å². The zero-order valence-corrected chi connectivity index (χ0v) is 18.1. The molecular formula is C20H20F3NO7S. The maximum atomic E-state index is 13.1. The Kier molecular flexibility index (Phi) is 7.73. The fourth-order valence-corrected chi connectivity index (χ4v) is 3.68. The molecule has 0 heterocycles. The Labute approximate surface area is 182 Å². The molecule has 0 spiro atoms. The van der Waals surface area contributed by atoms with Gasteiger partial charge in [0.05, 0.1) is 48.1 Å².